The smallest absolute Gasteiger partial charge is 0.349 e. The van der Waals surface area contributed by atoms with Crippen LogP contribution in [0.4, 0.5) is 0 Å². The molecule has 0 amide bonds. The second kappa shape index (κ2) is 6.45. The molecule has 0 bridgehead atoms. The first kappa shape index (κ1) is 13.8. The number of carbonyl (C=O) groups is 1. The van der Waals surface area contributed by atoms with Gasteiger partial charge in [0.15, 0.2) is 4.88 Å². The van der Waals surface area contributed by atoms with Crippen molar-refractivity contribution in [2.45, 2.75) is 32.6 Å². The first-order chi connectivity index (χ1) is 8.06. The van der Waals surface area contributed by atoms with Crippen molar-refractivity contribution in [3.8, 4) is 5.75 Å². The van der Waals surface area contributed by atoms with E-state index in [0.29, 0.717) is 23.2 Å². The minimum atomic E-state index is -0.916. The molecule has 4 heteroatoms. The van der Waals surface area contributed by atoms with Gasteiger partial charge in [0.25, 0.3) is 0 Å². The van der Waals surface area contributed by atoms with Crippen molar-refractivity contribution < 1.29 is 14.6 Å². The Hall–Kier alpha value is -1.29. The van der Waals surface area contributed by atoms with Gasteiger partial charge in [0.2, 0.25) is 0 Å². The maximum absolute atomic E-state index is 11.1. The Balaban J connectivity index is 2.74. The van der Waals surface area contributed by atoms with Crippen LogP contribution in [-0.2, 0) is 0 Å². The molecule has 0 unspecified atom stereocenters. The van der Waals surface area contributed by atoms with Crippen molar-refractivity contribution in [2.75, 3.05) is 6.61 Å². The second-order valence-electron chi connectivity index (χ2n) is 4.08. The SMILES string of the molecule is C=CCCCOc1cc(C(C)C)sc1C(=O)O. The van der Waals surface area contributed by atoms with Crippen LogP contribution in [0.3, 0.4) is 0 Å². The summed E-state index contributed by atoms with van der Waals surface area (Å²) in [7, 11) is 0. The number of rotatable bonds is 7. The summed E-state index contributed by atoms with van der Waals surface area (Å²) in [6.45, 7) is 8.24. The van der Waals surface area contributed by atoms with Crippen LogP contribution in [0.1, 0.15) is 47.2 Å². The number of ether oxygens (including phenoxy) is 1. The molecule has 0 fully saturated rings. The molecular weight excluding hydrogens is 236 g/mol. The molecule has 1 rings (SSSR count). The highest BCUT2D eigenvalue weighted by molar-refractivity contribution is 7.14. The normalized spacial score (nSPS) is 10.5. The minimum absolute atomic E-state index is 0.298. The lowest BCUT2D eigenvalue weighted by molar-refractivity contribution is 0.0698. The van der Waals surface area contributed by atoms with Gasteiger partial charge in [0.1, 0.15) is 5.75 Å². The fourth-order valence-corrected chi connectivity index (χ4v) is 2.29. The molecule has 0 aliphatic heterocycles. The van der Waals surface area contributed by atoms with E-state index >= 15 is 0 Å². The van der Waals surface area contributed by atoms with Crippen LogP contribution in [0.15, 0.2) is 18.7 Å². The van der Waals surface area contributed by atoms with Crippen molar-refractivity contribution in [3.63, 3.8) is 0 Å². The first-order valence-electron chi connectivity index (χ1n) is 5.67. The molecule has 1 heterocycles. The average molecular weight is 254 g/mol. The zero-order valence-corrected chi connectivity index (χ0v) is 11.0. The lowest BCUT2D eigenvalue weighted by Gasteiger charge is -2.03. The van der Waals surface area contributed by atoms with Gasteiger partial charge in [-0.05, 0) is 24.8 Å². The maximum atomic E-state index is 11.1. The van der Waals surface area contributed by atoms with Crippen molar-refractivity contribution in [3.05, 3.63) is 28.5 Å². The summed E-state index contributed by atoms with van der Waals surface area (Å²) in [4.78, 5) is 12.4. The fourth-order valence-electron chi connectivity index (χ4n) is 1.34. The number of thiophene rings is 1. The number of unbranched alkanes of at least 4 members (excludes halogenated alkanes) is 1. The molecule has 0 radical (unpaired) electrons. The van der Waals surface area contributed by atoms with E-state index in [1.54, 1.807) is 0 Å². The molecule has 1 aromatic heterocycles. The third-order valence-corrected chi connectivity index (χ3v) is 3.70. The number of aromatic carboxylic acids is 1. The molecule has 0 aliphatic carbocycles. The number of carboxylic acid groups (broad SMARTS) is 1. The zero-order chi connectivity index (χ0) is 12.8. The lowest BCUT2D eigenvalue weighted by Crippen LogP contribution is -2.00. The third-order valence-electron chi connectivity index (χ3n) is 2.29. The van der Waals surface area contributed by atoms with Gasteiger partial charge in [-0.25, -0.2) is 4.79 Å². The molecular formula is C13H18O3S. The summed E-state index contributed by atoms with van der Waals surface area (Å²) in [6, 6.07) is 1.84. The van der Waals surface area contributed by atoms with Crippen molar-refractivity contribution in [1.29, 1.82) is 0 Å². The van der Waals surface area contributed by atoms with E-state index in [-0.39, 0.29) is 0 Å². The Bertz CT molecular complexity index is 393. The fraction of sp³-hybridized carbons (Fsp3) is 0.462. The quantitative estimate of drug-likeness (QED) is 0.592. The van der Waals surface area contributed by atoms with Crippen LogP contribution in [0.2, 0.25) is 0 Å². The summed E-state index contributed by atoms with van der Waals surface area (Å²) in [5, 5.41) is 9.08. The Kier molecular flexibility index (Phi) is 5.22. The molecule has 0 atom stereocenters. The highest BCUT2D eigenvalue weighted by Gasteiger charge is 2.17. The van der Waals surface area contributed by atoms with E-state index in [1.807, 2.05) is 26.0 Å². The maximum Gasteiger partial charge on any atom is 0.349 e. The lowest BCUT2D eigenvalue weighted by atomic mass is 10.2. The van der Waals surface area contributed by atoms with Crippen LogP contribution in [0.5, 0.6) is 5.75 Å². The van der Waals surface area contributed by atoms with E-state index in [4.69, 9.17) is 9.84 Å². The van der Waals surface area contributed by atoms with Gasteiger partial charge >= 0.3 is 5.97 Å². The van der Waals surface area contributed by atoms with Gasteiger partial charge in [-0.15, -0.1) is 17.9 Å². The average Bonchev–Trinajstić information content (AvgIpc) is 2.68. The van der Waals surface area contributed by atoms with Gasteiger partial charge in [-0.3, -0.25) is 0 Å². The number of allylic oxidation sites excluding steroid dienone is 1. The van der Waals surface area contributed by atoms with E-state index in [9.17, 15) is 4.79 Å². The zero-order valence-electron chi connectivity index (χ0n) is 10.2. The summed E-state index contributed by atoms with van der Waals surface area (Å²) in [6.07, 6.45) is 3.56. The Labute approximate surface area is 106 Å². The molecule has 17 heavy (non-hydrogen) atoms. The van der Waals surface area contributed by atoms with Crippen molar-refractivity contribution in [1.82, 2.24) is 0 Å². The largest absolute Gasteiger partial charge is 0.492 e. The molecule has 1 N–H and O–H groups in total. The molecule has 0 aromatic carbocycles. The van der Waals surface area contributed by atoms with Crippen LogP contribution in [-0.4, -0.2) is 17.7 Å². The third kappa shape index (κ3) is 3.89. The van der Waals surface area contributed by atoms with E-state index in [1.165, 1.54) is 11.3 Å². The van der Waals surface area contributed by atoms with Gasteiger partial charge in [-0.1, -0.05) is 19.9 Å². The van der Waals surface area contributed by atoms with E-state index in [2.05, 4.69) is 6.58 Å². The van der Waals surface area contributed by atoms with Gasteiger partial charge < -0.3 is 9.84 Å². The molecule has 0 spiro atoms. The summed E-state index contributed by atoms with van der Waals surface area (Å²) in [5.74, 6) is -0.0977. The van der Waals surface area contributed by atoms with Crippen LogP contribution in [0.25, 0.3) is 0 Å². The van der Waals surface area contributed by atoms with Crippen molar-refractivity contribution >= 4 is 17.3 Å². The molecule has 1 aromatic rings. The number of hydrogen-bond acceptors (Lipinski definition) is 3. The Morgan fingerprint density at radius 2 is 2.35 bits per heavy atom. The highest BCUT2D eigenvalue weighted by Crippen LogP contribution is 2.33. The monoisotopic (exact) mass is 254 g/mol. The molecule has 94 valence electrons. The minimum Gasteiger partial charge on any atom is -0.492 e. The summed E-state index contributed by atoms with van der Waals surface area (Å²) < 4.78 is 5.51. The topological polar surface area (TPSA) is 46.5 Å². The van der Waals surface area contributed by atoms with Crippen LogP contribution < -0.4 is 4.74 Å². The number of hydrogen-bond donors (Lipinski definition) is 1. The molecule has 0 saturated heterocycles. The van der Waals surface area contributed by atoms with E-state index < -0.39 is 5.97 Å². The van der Waals surface area contributed by atoms with Crippen LogP contribution in [0, 0.1) is 0 Å². The van der Waals surface area contributed by atoms with Crippen LogP contribution >= 0.6 is 11.3 Å². The Morgan fingerprint density at radius 1 is 1.65 bits per heavy atom. The van der Waals surface area contributed by atoms with Crippen molar-refractivity contribution in [2.24, 2.45) is 0 Å². The second-order valence-corrected chi connectivity index (χ2v) is 5.17. The van der Waals surface area contributed by atoms with E-state index in [0.717, 1.165) is 17.7 Å². The predicted octanol–water partition coefficient (Wildman–Crippen LogP) is 3.91. The van der Waals surface area contributed by atoms with Gasteiger partial charge in [0.05, 0.1) is 6.61 Å². The molecule has 0 saturated carbocycles. The summed E-state index contributed by atoms with van der Waals surface area (Å²) in [5.41, 5.74) is 0. The highest BCUT2D eigenvalue weighted by atomic mass is 32.1. The van der Waals surface area contributed by atoms with Gasteiger partial charge in [-0.2, -0.15) is 0 Å². The Morgan fingerprint density at radius 3 is 2.88 bits per heavy atom. The predicted molar refractivity (Wildman–Crippen MR) is 70.3 cm³/mol. The van der Waals surface area contributed by atoms with Gasteiger partial charge in [0, 0.05) is 4.88 Å². The first-order valence-corrected chi connectivity index (χ1v) is 6.48. The molecule has 3 nitrogen and oxygen atoms in total. The molecule has 0 aliphatic rings. The number of carboxylic acids is 1. The standard InChI is InChI=1S/C13H18O3S/c1-4-5-6-7-16-10-8-11(9(2)3)17-12(10)13(14)15/h4,8-9H,1,5-7H2,2-3H3,(H,14,15). The summed E-state index contributed by atoms with van der Waals surface area (Å²) >= 11 is 1.29.